The molecule has 0 spiro atoms. The maximum Gasteiger partial charge on any atom is 0.166 e. The first-order valence-electron chi connectivity index (χ1n) is 16.1. The zero-order valence-electron chi connectivity index (χ0n) is 25.3. The zero-order chi connectivity index (χ0) is 29.9. The Bertz CT molecular complexity index is 1300. The average Bonchev–Trinajstić information content (AvgIpc) is 3.01. The van der Waals surface area contributed by atoms with Crippen molar-refractivity contribution in [2.75, 3.05) is 0 Å². The molecule has 0 aliphatic heterocycles. The molecule has 1 aliphatic rings. The Balaban J connectivity index is 1.39. The molecule has 0 heterocycles. The fraction of sp³-hybridized carbons (Fsp3) is 0.474. The van der Waals surface area contributed by atoms with Gasteiger partial charge in [-0.05, 0) is 92.4 Å². The summed E-state index contributed by atoms with van der Waals surface area (Å²) >= 11 is 0. The molecular formula is C38H46F4. The van der Waals surface area contributed by atoms with Crippen LogP contribution in [0.5, 0.6) is 0 Å². The van der Waals surface area contributed by atoms with Gasteiger partial charge in [-0.3, -0.25) is 0 Å². The van der Waals surface area contributed by atoms with Crippen molar-refractivity contribution < 1.29 is 17.6 Å². The largest absolute Gasteiger partial charge is 0.203 e. The van der Waals surface area contributed by atoms with Gasteiger partial charge in [-0.25, -0.2) is 17.6 Å². The number of unbranched alkanes of at least 4 members (excludes halogenated alkanes) is 6. The molecule has 226 valence electrons. The summed E-state index contributed by atoms with van der Waals surface area (Å²) in [6.07, 6.45) is 18.7. The van der Waals surface area contributed by atoms with Gasteiger partial charge in [0.15, 0.2) is 23.3 Å². The SMILES string of the molecule is CC=CCCC1CCC(c2ccc(-c3ccc(-c4ccc(CCCCCCCCC)c(F)c4F)cc3)c(F)c2F)CC1. The van der Waals surface area contributed by atoms with Gasteiger partial charge >= 0.3 is 0 Å². The van der Waals surface area contributed by atoms with Gasteiger partial charge in [-0.2, -0.15) is 0 Å². The highest BCUT2D eigenvalue weighted by atomic mass is 19.2. The molecule has 4 heteroatoms. The quantitative estimate of drug-likeness (QED) is 0.101. The van der Waals surface area contributed by atoms with Crippen LogP contribution in [0.2, 0.25) is 0 Å². The maximum atomic E-state index is 15.3. The highest BCUT2D eigenvalue weighted by molar-refractivity contribution is 5.71. The van der Waals surface area contributed by atoms with Crippen molar-refractivity contribution in [3.63, 3.8) is 0 Å². The summed E-state index contributed by atoms with van der Waals surface area (Å²) in [6, 6.07) is 13.2. The number of aryl methyl sites for hydroxylation is 1. The van der Waals surface area contributed by atoms with Crippen molar-refractivity contribution in [1.29, 1.82) is 0 Å². The molecule has 1 fully saturated rings. The van der Waals surface area contributed by atoms with E-state index in [1.807, 2.05) is 6.92 Å². The van der Waals surface area contributed by atoms with E-state index in [2.05, 4.69) is 19.1 Å². The molecule has 42 heavy (non-hydrogen) atoms. The molecule has 0 unspecified atom stereocenters. The number of hydrogen-bond acceptors (Lipinski definition) is 0. The molecule has 0 nitrogen and oxygen atoms in total. The number of allylic oxidation sites excluding steroid dienone is 2. The van der Waals surface area contributed by atoms with E-state index in [4.69, 9.17) is 0 Å². The van der Waals surface area contributed by atoms with Crippen molar-refractivity contribution in [2.45, 2.75) is 110 Å². The van der Waals surface area contributed by atoms with Crippen molar-refractivity contribution in [1.82, 2.24) is 0 Å². The topological polar surface area (TPSA) is 0 Å². The molecule has 0 aromatic heterocycles. The van der Waals surface area contributed by atoms with Crippen LogP contribution in [0, 0.1) is 29.2 Å². The lowest BCUT2D eigenvalue weighted by Crippen LogP contribution is -2.15. The fourth-order valence-electron chi connectivity index (χ4n) is 6.47. The van der Waals surface area contributed by atoms with Crippen LogP contribution in [0.3, 0.4) is 0 Å². The second-order valence-electron chi connectivity index (χ2n) is 12.0. The lowest BCUT2D eigenvalue weighted by molar-refractivity contribution is 0.306. The van der Waals surface area contributed by atoms with Crippen molar-refractivity contribution in [3.8, 4) is 22.3 Å². The van der Waals surface area contributed by atoms with Crippen LogP contribution >= 0.6 is 0 Å². The van der Waals surface area contributed by atoms with E-state index < -0.39 is 23.3 Å². The molecule has 1 saturated carbocycles. The molecule has 0 N–H and O–H groups in total. The minimum Gasteiger partial charge on any atom is -0.203 e. The zero-order valence-corrected chi connectivity index (χ0v) is 25.3. The van der Waals surface area contributed by atoms with E-state index in [9.17, 15) is 4.39 Å². The summed E-state index contributed by atoms with van der Waals surface area (Å²) in [5, 5.41) is 0. The highest BCUT2D eigenvalue weighted by Gasteiger charge is 2.26. The van der Waals surface area contributed by atoms with Crippen LogP contribution in [-0.2, 0) is 6.42 Å². The van der Waals surface area contributed by atoms with Crippen molar-refractivity contribution >= 4 is 0 Å². The Hall–Kier alpha value is -2.88. The van der Waals surface area contributed by atoms with Gasteiger partial charge in [0.1, 0.15) is 0 Å². The second-order valence-corrected chi connectivity index (χ2v) is 12.0. The number of halogens is 4. The van der Waals surface area contributed by atoms with Gasteiger partial charge in [-0.15, -0.1) is 0 Å². The molecular weight excluding hydrogens is 532 g/mol. The fourth-order valence-corrected chi connectivity index (χ4v) is 6.47. The number of rotatable bonds is 14. The Kier molecular flexibility index (Phi) is 12.3. The van der Waals surface area contributed by atoms with Crippen LogP contribution in [0.15, 0.2) is 60.7 Å². The normalized spacial score (nSPS) is 17.3. The number of hydrogen-bond donors (Lipinski definition) is 0. The monoisotopic (exact) mass is 578 g/mol. The molecule has 3 aromatic rings. The van der Waals surface area contributed by atoms with E-state index in [0.717, 1.165) is 57.8 Å². The summed E-state index contributed by atoms with van der Waals surface area (Å²) in [6.45, 7) is 4.22. The average molecular weight is 579 g/mol. The predicted molar refractivity (Wildman–Crippen MR) is 168 cm³/mol. The van der Waals surface area contributed by atoms with Gasteiger partial charge in [0.05, 0.1) is 0 Å². The first-order valence-corrected chi connectivity index (χ1v) is 16.1. The van der Waals surface area contributed by atoms with E-state index >= 15 is 13.2 Å². The third-order valence-corrected chi connectivity index (χ3v) is 9.09. The van der Waals surface area contributed by atoms with E-state index in [-0.39, 0.29) is 17.0 Å². The molecule has 0 amide bonds. The predicted octanol–water partition coefficient (Wildman–Crippen LogP) is 12.5. The molecule has 1 aliphatic carbocycles. The minimum absolute atomic E-state index is 0.0422. The molecule has 4 rings (SSSR count). The highest BCUT2D eigenvalue weighted by Crippen LogP contribution is 2.40. The van der Waals surface area contributed by atoms with E-state index in [1.54, 1.807) is 48.5 Å². The third-order valence-electron chi connectivity index (χ3n) is 9.09. The Morgan fingerprint density at radius 2 is 1.21 bits per heavy atom. The van der Waals surface area contributed by atoms with Crippen LogP contribution in [0.25, 0.3) is 22.3 Å². The standard InChI is InChI=1S/C38H46F4/c1-3-5-7-8-9-10-12-14-31-23-24-32(36(40)35(31)39)29-19-21-30(22-20-29)34-26-25-33(37(41)38(34)42)28-17-15-27(16-18-28)13-11-6-4-2/h4,6,19-28H,3,5,7-18H2,1-2H3. The van der Waals surface area contributed by atoms with E-state index in [1.165, 1.54) is 25.7 Å². The molecule has 3 aromatic carbocycles. The Morgan fingerprint density at radius 1 is 0.643 bits per heavy atom. The summed E-state index contributed by atoms with van der Waals surface area (Å²) in [4.78, 5) is 0. The van der Waals surface area contributed by atoms with Crippen molar-refractivity contribution in [2.24, 2.45) is 5.92 Å². The Labute approximate surface area is 250 Å². The third kappa shape index (κ3) is 8.14. The van der Waals surface area contributed by atoms with Gasteiger partial charge in [-0.1, -0.05) is 106 Å². The summed E-state index contributed by atoms with van der Waals surface area (Å²) < 4.78 is 60.5. The Morgan fingerprint density at radius 3 is 1.83 bits per heavy atom. The molecule has 0 saturated heterocycles. The summed E-state index contributed by atoms with van der Waals surface area (Å²) in [7, 11) is 0. The van der Waals surface area contributed by atoms with Crippen LogP contribution in [-0.4, -0.2) is 0 Å². The lowest BCUT2D eigenvalue weighted by Gasteiger charge is -2.29. The van der Waals surface area contributed by atoms with Crippen LogP contribution in [0.1, 0.15) is 114 Å². The molecule has 0 bridgehead atoms. The van der Waals surface area contributed by atoms with Crippen LogP contribution < -0.4 is 0 Å². The van der Waals surface area contributed by atoms with Gasteiger partial charge in [0.25, 0.3) is 0 Å². The first-order chi connectivity index (χ1) is 20.4. The smallest absolute Gasteiger partial charge is 0.166 e. The maximum absolute atomic E-state index is 15.3. The van der Waals surface area contributed by atoms with E-state index in [0.29, 0.717) is 34.6 Å². The second kappa shape index (κ2) is 16.1. The van der Waals surface area contributed by atoms with Gasteiger partial charge in [0.2, 0.25) is 0 Å². The lowest BCUT2D eigenvalue weighted by atomic mass is 9.77. The summed E-state index contributed by atoms with van der Waals surface area (Å²) in [5.74, 6) is -2.57. The number of benzene rings is 3. The van der Waals surface area contributed by atoms with Crippen molar-refractivity contribution in [3.05, 3.63) is 95.1 Å². The first kappa shape index (κ1) is 32.0. The molecule has 0 radical (unpaired) electrons. The minimum atomic E-state index is -0.860. The van der Waals surface area contributed by atoms with Gasteiger partial charge < -0.3 is 0 Å². The molecule has 0 atom stereocenters. The van der Waals surface area contributed by atoms with Gasteiger partial charge in [0, 0.05) is 11.1 Å². The summed E-state index contributed by atoms with van der Waals surface area (Å²) in [5.41, 5.74) is 2.23. The van der Waals surface area contributed by atoms with Crippen LogP contribution in [0.4, 0.5) is 17.6 Å².